The molecule has 1 saturated heterocycles. The summed E-state index contributed by atoms with van der Waals surface area (Å²) in [6.45, 7) is 0.648. The van der Waals surface area contributed by atoms with Crippen LogP contribution in [0.25, 0.3) is 10.9 Å². The molecule has 4 nitrogen and oxygen atoms in total. The number of halogens is 2. The van der Waals surface area contributed by atoms with Crippen molar-refractivity contribution in [3.63, 3.8) is 0 Å². The quantitative estimate of drug-likeness (QED) is 0.751. The average molecular weight is 376 g/mol. The molecule has 0 bridgehead atoms. The molecule has 4 rings (SSSR count). The van der Waals surface area contributed by atoms with E-state index in [4.69, 9.17) is 0 Å². The number of fused-ring (bicyclic) bond motifs is 1. The van der Waals surface area contributed by atoms with Crippen LogP contribution in [0.3, 0.4) is 0 Å². The van der Waals surface area contributed by atoms with E-state index in [9.17, 15) is 17.2 Å². The van der Waals surface area contributed by atoms with Gasteiger partial charge in [0.15, 0.2) is 0 Å². The third kappa shape index (κ3) is 3.01. The molecule has 0 saturated carbocycles. The number of para-hydroxylation sites is 1. The van der Waals surface area contributed by atoms with E-state index >= 15 is 0 Å². The van der Waals surface area contributed by atoms with Gasteiger partial charge >= 0.3 is 0 Å². The molecule has 0 unspecified atom stereocenters. The minimum Gasteiger partial charge on any atom is -0.361 e. The number of hydrogen-bond acceptors (Lipinski definition) is 2. The lowest BCUT2D eigenvalue weighted by atomic mass is 9.90. The predicted octanol–water partition coefficient (Wildman–Crippen LogP) is 4.01. The number of aromatic nitrogens is 1. The maximum atomic E-state index is 13.4. The Balaban J connectivity index is 1.54. The van der Waals surface area contributed by atoms with E-state index in [0.29, 0.717) is 32.0 Å². The zero-order valence-electron chi connectivity index (χ0n) is 14.0. The molecule has 26 heavy (non-hydrogen) atoms. The van der Waals surface area contributed by atoms with E-state index in [1.807, 2.05) is 24.4 Å². The maximum Gasteiger partial charge on any atom is 0.243 e. The monoisotopic (exact) mass is 376 g/mol. The smallest absolute Gasteiger partial charge is 0.243 e. The molecule has 0 atom stereocenters. The van der Waals surface area contributed by atoms with Crippen LogP contribution >= 0.6 is 0 Å². The fraction of sp³-hybridized carbons (Fsp3) is 0.263. The summed E-state index contributed by atoms with van der Waals surface area (Å²) in [5.41, 5.74) is 2.25. The molecule has 1 N–H and O–H groups in total. The Hall–Kier alpha value is -2.25. The molecular formula is C19H18F2N2O2S. The average Bonchev–Trinajstić information content (AvgIpc) is 3.05. The third-order valence-electron chi connectivity index (χ3n) is 4.99. The van der Waals surface area contributed by atoms with Gasteiger partial charge in [-0.25, -0.2) is 17.2 Å². The number of aromatic amines is 1. The van der Waals surface area contributed by atoms with Crippen LogP contribution in [0, 0.1) is 11.6 Å². The second-order valence-corrected chi connectivity index (χ2v) is 8.51. The molecule has 136 valence electrons. The Bertz CT molecular complexity index is 1030. The van der Waals surface area contributed by atoms with E-state index in [-0.39, 0.29) is 10.8 Å². The fourth-order valence-corrected chi connectivity index (χ4v) is 5.18. The van der Waals surface area contributed by atoms with Gasteiger partial charge in [-0.1, -0.05) is 18.2 Å². The van der Waals surface area contributed by atoms with Crippen molar-refractivity contribution in [2.45, 2.75) is 23.7 Å². The van der Waals surface area contributed by atoms with Gasteiger partial charge in [0, 0.05) is 36.3 Å². The maximum absolute atomic E-state index is 13.4. The molecule has 2 aromatic carbocycles. The molecule has 0 radical (unpaired) electrons. The highest BCUT2D eigenvalue weighted by Crippen LogP contribution is 2.34. The van der Waals surface area contributed by atoms with Crippen molar-refractivity contribution < 1.29 is 17.2 Å². The molecule has 7 heteroatoms. The minimum atomic E-state index is -3.90. The molecule has 0 spiro atoms. The van der Waals surface area contributed by atoms with Crippen molar-refractivity contribution in [3.05, 3.63) is 65.9 Å². The number of piperidine rings is 1. The van der Waals surface area contributed by atoms with Gasteiger partial charge in [0.1, 0.15) is 11.6 Å². The van der Waals surface area contributed by atoms with Gasteiger partial charge in [0.2, 0.25) is 10.0 Å². The number of H-pyrrole nitrogens is 1. The van der Waals surface area contributed by atoms with Crippen molar-refractivity contribution in [1.29, 1.82) is 0 Å². The summed E-state index contributed by atoms with van der Waals surface area (Å²) in [4.78, 5) is 2.92. The van der Waals surface area contributed by atoms with Crippen LogP contribution < -0.4 is 0 Å². The summed E-state index contributed by atoms with van der Waals surface area (Å²) >= 11 is 0. The standard InChI is InChI=1S/C19H18F2N2O2S/c20-14-9-15(21)11-16(10-14)26(24,25)23-7-5-13(6-8-23)18-12-22-19-4-2-1-3-17(18)19/h1-4,9-13,22H,5-8H2. The summed E-state index contributed by atoms with van der Waals surface area (Å²) in [6, 6.07) is 10.4. The van der Waals surface area contributed by atoms with Crippen LogP contribution in [0.15, 0.2) is 53.6 Å². The van der Waals surface area contributed by atoms with E-state index < -0.39 is 21.7 Å². The molecule has 2 heterocycles. The first-order valence-corrected chi connectivity index (χ1v) is 9.91. The zero-order chi connectivity index (χ0) is 18.3. The lowest BCUT2D eigenvalue weighted by molar-refractivity contribution is 0.320. The molecule has 3 aromatic rings. The molecule has 0 amide bonds. The second-order valence-electron chi connectivity index (χ2n) is 6.57. The number of benzene rings is 2. The third-order valence-corrected chi connectivity index (χ3v) is 6.87. The van der Waals surface area contributed by atoms with Crippen molar-refractivity contribution in [2.75, 3.05) is 13.1 Å². The van der Waals surface area contributed by atoms with E-state index in [2.05, 4.69) is 11.1 Å². The number of rotatable bonds is 3. The van der Waals surface area contributed by atoms with Crippen LogP contribution in [0.2, 0.25) is 0 Å². The largest absolute Gasteiger partial charge is 0.361 e. The van der Waals surface area contributed by atoms with Gasteiger partial charge in [-0.2, -0.15) is 4.31 Å². The molecule has 1 fully saturated rings. The number of sulfonamides is 1. The van der Waals surface area contributed by atoms with Gasteiger partial charge in [-0.15, -0.1) is 0 Å². The van der Waals surface area contributed by atoms with Crippen LogP contribution in [0.5, 0.6) is 0 Å². The number of nitrogens with one attached hydrogen (secondary N) is 1. The van der Waals surface area contributed by atoms with E-state index in [1.165, 1.54) is 9.87 Å². The van der Waals surface area contributed by atoms with Gasteiger partial charge in [-0.05, 0) is 42.5 Å². The SMILES string of the molecule is O=S(=O)(c1cc(F)cc(F)c1)N1CCC(c2c[nH]c3ccccc23)CC1. The summed E-state index contributed by atoms with van der Waals surface area (Å²) < 4.78 is 53.5. The van der Waals surface area contributed by atoms with Gasteiger partial charge in [-0.3, -0.25) is 0 Å². The Kier molecular flexibility index (Phi) is 4.28. The Morgan fingerprint density at radius 2 is 1.65 bits per heavy atom. The van der Waals surface area contributed by atoms with E-state index in [1.54, 1.807) is 0 Å². The van der Waals surface area contributed by atoms with Gasteiger partial charge < -0.3 is 4.98 Å². The minimum absolute atomic E-state index is 0.252. The highest BCUT2D eigenvalue weighted by molar-refractivity contribution is 7.89. The molecule has 0 aliphatic carbocycles. The van der Waals surface area contributed by atoms with Gasteiger partial charge in [0.25, 0.3) is 0 Å². The first-order chi connectivity index (χ1) is 12.4. The van der Waals surface area contributed by atoms with Crippen LogP contribution in [0.1, 0.15) is 24.3 Å². The lowest BCUT2D eigenvalue weighted by Crippen LogP contribution is -2.37. The zero-order valence-corrected chi connectivity index (χ0v) is 14.8. The number of nitrogens with zero attached hydrogens (tertiary/aromatic N) is 1. The topological polar surface area (TPSA) is 53.2 Å². The predicted molar refractivity (Wildman–Crippen MR) is 95.4 cm³/mol. The van der Waals surface area contributed by atoms with Crippen LogP contribution in [0.4, 0.5) is 8.78 Å². The Labute approximate surface area is 150 Å². The normalized spacial score (nSPS) is 17.0. The molecule has 1 aromatic heterocycles. The second kappa shape index (κ2) is 6.48. The highest BCUT2D eigenvalue weighted by Gasteiger charge is 2.31. The first kappa shape index (κ1) is 17.2. The lowest BCUT2D eigenvalue weighted by Gasteiger charge is -2.31. The summed E-state index contributed by atoms with van der Waals surface area (Å²) in [5, 5.41) is 1.15. The van der Waals surface area contributed by atoms with Gasteiger partial charge in [0.05, 0.1) is 4.90 Å². The molecular weight excluding hydrogens is 358 g/mol. The first-order valence-electron chi connectivity index (χ1n) is 8.47. The van der Waals surface area contributed by atoms with Crippen molar-refractivity contribution in [3.8, 4) is 0 Å². The summed E-state index contributed by atoms with van der Waals surface area (Å²) in [5.74, 6) is -1.53. The highest BCUT2D eigenvalue weighted by atomic mass is 32.2. The molecule has 1 aliphatic rings. The van der Waals surface area contributed by atoms with E-state index in [0.717, 1.165) is 23.0 Å². The summed E-state index contributed by atoms with van der Waals surface area (Å²) in [6.07, 6.45) is 3.32. The number of hydrogen-bond donors (Lipinski definition) is 1. The molecule has 1 aliphatic heterocycles. The van der Waals surface area contributed by atoms with Crippen LogP contribution in [-0.4, -0.2) is 30.8 Å². The Morgan fingerprint density at radius 1 is 1.00 bits per heavy atom. The van der Waals surface area contributed by atoms with Crippen molar-refractivity contribution >= 4 is 20.9 Å². The fourth-order valence-electron chi connectivity index (χ4n) is 3.67. The van der Waals surface area contributed by atoms with Crippen molar-refractivity contribution in [1.82, 2.24) is 9.29 Å². The Morgan fingerprint density at radius 3 is 2.35 bits per heavy atom. The van der Waals surface area contributed by atoms with Crippen LogP contribution in [-0.2, 0) is 10.0 Å². The van der Waals surface area contributed by atoms with Crippen molar-refractivity contribution in [2.24, 2.45) is 0 Å². The summed E-state index contributed by atoms with van der Waals surface area (Å²) in [7, 11) is -3.90.